The standard InChI is InChI=1S/C59H105NO5/c1-8-9-10-11-12-13-14-15-16-17-18-19-20-21-22-23-24-25-39-63-47-53(46-60-38-35-52(45-60)61-7)65-43-41-62-40-42-64-51-33-36-58(5)50(44-51)29-30-54-56-32-31-55(49(4)28-26-27-48(2)3)59(56,6)37-34-57(54)58/h12-13,15-16,29,48-49,51-57H,8-11,14,17-28,30-47H2,1-7H3/t49-,51+,52?,53?,54+,55-,56+,57+,58+,59-/m1/s1. The van der Waals surface area contributed by atoms with E-state index in [1.165, 1.54) is 141 Å². The second kappa shape index (κ2) is 30.6. The fraction of sp³-hybridized carbons (Fsp3) is 0.898. The lowest BCUT2D eigenvalue weighted by atomic mass is 9.47. The zero-order valence-electron chi connectivity index (χ0n) is 43.8. The van der Waals surface area contributed by atoms with E-state index in [1.54, 1.807) is 5.57 Å². The number of rotatable bonds is 35. The minimum absolute atomic E-state index is 0.0587. The second-order valence-corrected chi connectivity index (χ2v) is 22.9. The Hall–Kier alpha value is -1.02. The van der Waals surface area contributed by atoms with Gasteiger partial charge in [-0.2, -0.15) is 0 Å². The summed E-state index contributed by atoms with van der Waals surface area (Å²) in [5.41, 5.74) is 2.66. The van der Waals surface area contributed by atoms with Crippen molar-refractivity contribution in [2.75, 3.05) is 66.4 Å². The Balaban J connectivity index is 0.903. The Morgan fingerprint density at radius 3 is 2.18 bits per heavy atom. The molecule has 1 heterocycles. The number of likely N-dealkylation sites (tertiary alicyclic amines) is 1. The number of nitrogens with zero attached hydrogens (tertiary/aromatic N) is 1. The maximum absolute atomic E-state index is 6.52. The quantitative estimate of drug-likeness (QED) is 0.0466. The minimum atomic E-state index is 0.0587. The maximum Gasteiger partial charge on any atom is 0.0936 e. The Morgan fingerprint density at radius 2 is 1.45 bits per heavy atom. The summed E-state index contributed by atoms with van der Waals surface area (Å²) in [5, 5.41) is 0. The molecule has 4 aliphatic carbocycles. The van der Waals surface area contributed by atoms with Crippen LogP contribution >= 0.6 is 0 Å². The molecule has 0 spiro atoms. The van der Waals surface area contributed by atoms with Crippen LogP contribution in [0.4, 0.5) is 0 Å². The van der Waals surface area contributed by atoms with Gasteiger partial charge in [-0.1, -0.05) is 148 Å². The van der Waals surface area contributed by atoms with Gasteiger partial charge in [-0.15, -0.1) is 0 Å². The lowest BCUT2D eigenvalue weighted by Gasteiger charge is -2.58. The largest absolute Gasteiger partial charge is 0.380 e. The lowest BCUT2D eigenvalue weighted by Crippen LogP contribution is -2.51. The Morgan fingerprint density at radius 1 is 0.708 bits per heavy atom. The molecule has 6 nitrogen and oxygen atoms in total. The molecular formula is C59H105NO5. The van der Waals surface area contributed by atoms with Gasteiger partial charge in [0.05, 0.1) is 51.3 Å². The SMILES string of the molecule is CCCCCC=CCC=CCCCCCCCCCCOCC(CN1CCC(OC)C1)OCCOCCO[C@H]1CC[C@@]2(C)C(=CC[C@H]3[C@@H]4CC[C@H]([C@H](C)CCCC(C)C)[C@@]4(C)CC[C@@H]32)C1. The van der Waals surface area contributed by atoms with Gasteiger partial charge < -0.3 is 23.7 Å². The number of ether oxygens (including phenoxy) is 5. The predicted molar refractivity (Wildman–Crippen MR) is 275 cm³/mol. The average Bonchev–Trinajstić information content (AvgIpc) is 3.91. The first kappa shape index (κ1) is 54.9. The van der Waals surface area contributed by atoms with Crippen molar-refractivity contribution in [2.45, 2.75) is 227 Å². The summed E-state index contributed by atoms with van der Waals surface area (Å²) >= 11 is 0. The molecule has 10 atom stereocenters. The van der Waals surface area contributed by atoms with Gasteiger partial charge in [0.1, 0.15) is 0 Å². The molecular weight excluding hydrogens is 803 g/mol. The molecule has 0 amide bonds. The van der Waals surface area contributed by atoms with Gasteiger partial charge in [0, 0.05) is 33.4 Å². The van der Waals surface area contributed by atoms with Crippen molar-refractivity contribution >= 4 is 0 Å². The van der Waals surface area contributed by atoms with Crippen molar-refractivity contribution in [1.82, 2.24) is 4.90 Å². The Kier molecular flexibility index (Phi) is 25.8. The van der Waals surface area contributed by atoms with Crippen LogP contribution < -0.4 is 0 Å². The summed E-state index contributed by atoms with van der Waals surface area (Å²) in [7, 11) is 1.83. The van der Waals surface area contributed by atoms with E-state index in [2.05, 4.69) is 76.8 Å². The Bertz CT molecular complexity index is 1350. The van der Waals surface area contributed by atoms with Gasteiger partial charge in [-0.3, -0.25) is 4.90 Å². The first-order chi connectivity index (χ1) is 31.7. The molecule has 0 bridgehead atoms. The van der Waals surface area contributed by atoms with E-state index in [1.807, 2.05) is 7.11 Å². The molecule has 5 aliphatic rings. The van der Waals surface area contributed by atoms with E-state index in [0.29, 0.717) is 56.1 Å². The van der Waals surface area contributed by atoms with Crippen LogP contribution in [0, 0.1) is 46.3 Å². The van der Waals surface area contributed by atoms with Gasteiger partial charge in [0.2, 0.25) is 0 Å². The molecule has 1 saturated heterocycles. The smallest absolute Gasteiger partial charge is 0.0936 e. The Labute approximate surface area is 402 Å². The molecule has 0 aromatic rings. The van der Waals surface area contributed by atoms with Gasteiger partial charge in [0.15, 0.2) is 0 Å². The monoisotopic (exact) mass is 908 g/mol. The maximum atomic E-state index is 6.52. The number of fused-ring (bicyclic) bond motifs is 5. The molecule has 3 saturated carbocycles. The van der Waals surface area contributed by atoms with Gasteiger partial charge >= 0.3 is 0 Å². The number of allylic oxidation sites excluding steroid dienone is 5. The molecule has 2 unspecified atom stereocenters. The van der Waals surface area contributed by atoms with Crippen LogP contribution in [0.1, 0.15) is 208 Å². The summed E-state index contributed by atoms with van der Waals surface area (Å²) in [5.74, 6) is 5.34. The molecule has 5 rings (SSSR count). The van der Waals surface area contributed by atoms with Gasteiger partial charge in [-0.05, 0) is 143 Å². The van der Waals surface area contributed by atoms with Crippen LogP contribution in [0.5, 0.6) is 0 Å². The predicted octanol–water partition coefficient (Wildman–Crippen LogP) is 15.1. The first-order valence-electron chi connectivity index (χ1n) is 28.3. The van der Waals surface area contributed by atoms with E-state index in [0.717, 1.165) is 87.4 Å². The number of hydrogen-bond acceptors (Lipinski definition) is 6. The van der Waals surface area contributed by atoms with E-state index >= 15 is 0 Å². The van der Waals surface area contributed by atoms with Crippen LogP contribution in [0.2, 0.25) is 0 Å². The van der Waals surface area contributed by atoms with Crippen LogP contribution in [-0.4, -0.2) is 89.6 Å². The molecule has 0 aromatic heterocycles. The highest BCUT2D eigenvalue weighted by molar-refractivity contribution is 5.25. The van der Waals surface area contributed by atoms with Crippen molar-refractivity contribution in [3.05, 3.63) is 36.0 Å². The highest BCUT2D eigenvalue weighted by Gasteiger charge is 2.59. The van der Waals surface area contributed by atoms with Crippen molar-refractivity contribution in [3.63, 3.8) is 0 Å². The molecule has 4 fully saturated rings. The van der Waals surface area contributed by atoms with Crippen LogP contribution in [0.3, 0.4) is 0 Å². The van der Waals surface area contributed by atoms with E-state index in [9.17, 15) is 0 Å². The normalized spacial score (nSPS) is 30.3. The molecule has 0 N–H and O–H groups in total. The third-order valence-electron chi connectivity index (χ3n) is 17.7. The number of unbranched alkanes of at least 4 members (excludes halogenated alkanes) is 11. The van der Waals surface area contributed by atoms with E-state index in [4.69, 9.17) is 23.7 Å². The fourth-order valence-corrected chi connectivity index (χ4v) is 13.8. The van der Waals surface area contributed by atoms with E-state index in [-0.39, 0.29) is 6.10 Å². The molecule has 1 aliphatic heterocycles. The van der Waals surface area contributed by atoms with Crippen LogP contribution in [0.15, 0.2) is 36.0 Å². The molecule has 0 aromatic carbocycles. The number of hydrogen-bond donors (Lipinski definition) is 0. The highest BCUT2D eigenvalue weighted by atomic mass is 16.6. The summed E-state index contributed by atoms with van der Waals surface area (Å²) < 4.78 is 30.9. The summed E-state index contributed by atoms with van der Waals surface area (Å²) in [4.78, 5) is 2.48. The summed E-state index contributed by atoms with van der Waals surface area (Å²) in [6.07, 6.45) is 47.0. The molecule has 6 heteroatoms. The average molecular weight is 908 g/mol. The lowest BCUT2D eigenvalue weighted by molar-refractivity contribution is -0.0732. The molecule has 0 radical (unpaired) electrons. The third kappa shape index (κ3) is 18.0. The third-order valence-corrected chi connectivity index (χ3v) is 17.7. The highest BCUT2D eigenvalue weighted by Crippen LogP contribution is 2.67. The van der Waals surface area contributed by atoms with Crippen molar-refractivity contribution < 1.29 is 23.7 Å². The zero-order valence-corrected chi connectivity index (χ0v) is 43.8. The van der Waals surface area contributed by atoms with Gasteiger partial charge in [-0.25, -0.2) is 0 Å². The summed E-state index contributed by atoms with van der Waals surface area (Å²) in [6.45, 7) is 21.9. The van der Waals surface area contributed by atoms with Crippen molar-refractivity contribution in [1.29, 1.82) is 0 Å². The topological polar surface area (TPSA) is 49.4 Å². The summed E-state index contributed by atoms with van der Waals surface area (Å²) in [6, 6.07) is 0. The molecule has 65 heavy (non-hydrogen) atoms. The van der Waals surface area contributed by atoms with Gasteiger partial charge in [0.25, 0.3) is 0 Å². The first-order valence-corrected chi connectivity index (χ1v) is 28.3. The fourth-order valence-electron chi connectivity index (χ4n) is 13.8. The molecule has 376 valence electrons. The zero-order chi connectivity index (χ0) is 46.2. The van der Waals surface area contributed by atoms with Crippen molar-refractivity contribution in [2.24, 2.45) is 46.3 Å². The second-order valence-electron chi connectivity index (χ2n) is 22.9. The minimum Gasteiger partial charge on any atom is -0.380 e. The van der Waals surface area contributed by atoms with Crippen LogP contribution in [0.25, 0.3) is 0 Å². The van der Waals surface area contributed by atoms with Crippen LogP contribution in [-0.2, 0) is 23.7 Å². The number of methoxy groups -OCH3 is 1. The van der Waals surface area contributed by atoms with E-state index < -0.39 is 0 Å². The van der Waals surface area contributed by atoms with Crippen molar-refractivity contribution in [3.8, 4) is 0 Å².